The molecule has 1 atom stereocenters. The van der Waals surface area contributed by atoms with Gasteiger partial charge in [0.05, 0.1) is 0 Å². The Morgan fingerprint density at radius 3 is 2.02 bits per heavy atom. The molecule has 6 aromatic carbocycles. The molecule has 0 bridgehead atoms. The van der Waals surface area contributed by atoms with Crippen molar-refractivity contribution in [1.82, 2.24) is 5.32 Å². The number of thioether (sulfide) groups is 1. The quantitative estimate of drug-likeness (QED) is 0.102. The van der Waals surface area contributed by atoms with Crippen LogP contribution in [0, 0.1) is 6.92 Å². The van der Waals surface area contributed by atoms with Crippen molar-refractivity contribution in [2.24, 2.45) is 0 Å². The van der Waals surface area contributed by atoms with Gasteiger partial charge < -0.3 is 16.0 Å². The Morgan fingerprint density at radius 1 is 0.646 bits per heavy atom. The molecule has 6 nitrogen and oxygen atoms in total. The minimum atomic E-state index is -0.525. The number of anilines is 2. The predicted molar refractivity (Wildman–Crippen MR) is 196 cm³/mol. The molecule has 3 N–H and O–H groups in total. The third-order valence-corrected chi connectivity index (χ3v) is 8.94. The molecule has 236 valence electrons. The number of fused-ring (bicyclic) bond motifs is 1. The number of hydrogen-bond acceptors (Lipinski definition) is 4. The van der Waals surface area contributed by atoms with Crippen LogP contribution in [0.4, 0.5) is 11.4 Å². The summed E-state index contributed by atoms with van der Waals surface area (Å²) in [4.78, 5) is 41.1. The van der Waals surface area contributed by atoms with E-state index in [2.05, 4.69) is 16.0 Å². The van der Waals surface area contributed by atoms with Crippen molar-refractivity contribution in [3.63, 3.8) is 0 Å². The van der Waals surface area contributed by atoms with Crippen LogP contribution in [0.3, 0.4) is 0 Å². The number of hydrogen-bond donors (Lipinski definition) is 3. The second-order valence-corrected chi connectivity index (χ2v) is 12.4. The molecular weight excluding hydrogens is 615 g/mol. The van der Waals surface area contributed by atoms with Crippen molar-refractivity contribution >= 4 is 57.7 Å². The molecule has 0 aliphatic carbocycles. The number of rotatable bonds is 10. The van der Waals surface area contributed by atoms with Gasteiger partial charge in [0.1, 0.15) is 10.9 Å². The van der Waals surface area contributed by atoms with Crippen molar-refractivity contribution < 1.29 is 14.4 Å². The lowest BCUT2D eigenvalue weighted by Gasteiger charge is -2.18. The Kier molecular flexibility index (Phi) is 10.1. The molecule has 0 spiro atoms. The zero-order valence-corrected chi connectivity index (χ0v) is 27.0. The van der Waals surface area contributed by atoms with Crippen molar-refractivity contribution in [3.8, 4) is 0 Å². The lowest BCUT2D eigenvalue weighted by atomic mass is 10.1. The summed E-state index contributed by atoms with van der Waals surface area (Å²) in [6.45, 7) is 1.99. The molecule has 6 rings (SSSR count). The van der Waals surface area contributed by atoms with Gasteiger partial charge in [-0.25, -0.2) is 0 Å². The van der Waals surface area contributed by atoms with Crippen LogP contribution < -0.4 is 16.0 Å². The first kappa shape index (κ1) is 32.0. The van der Waals surface area contributed by atoms with E-state index in [9.17, 15) is 14.4 Å². The van der Waals surface area contributed by atoms with E-state index in [0.717, 1.165) is 38.0 Å². The van der Waals surface area contributed by atoms with Crippen LogP contribution in [-0.4, -0.2) is 17.7 Å². The molecule has 0 aliphatic rings. The molecule has 3 amide bonds. The maximum absolute atomic E-state index is 13.8. The van der Waals surface area contributed by atoms with Gasteiger partial charge in [-0.2, -0.15) is 0 Å². The fourth-order valence-electron chi connectivity index (χ4n) is 5.16. The first-order chi connectivity index (χ1) is 23.4. The molecule has 0 heterocycles. The smallest absolute Gasteiger partial charge is 0.272 e. The van der Waals surface area contributed by atoms with Gasteiger partial charge >= 0.3 is 0 Å². The normalized spacial score (nSPS) is 11.8. The fraction of sp³-hybridized carbons (Fsp3) is 0.0488. The Morgan fingerprint density at radius 2 is 1.29 bits per heavy atom. The van der Waals surface area contributed by atoms with E-state index < -0.39 is 11.2 Å². The number of benzene rings is 6. The molecular formula is C41H33N3O3S. The van der Waals surface area contributed by atoms with Crippen LogP contribution in [0.1, 0.15) is 32.3 Å². The van der Waals surface area contributed by atoms with E-state index in [0.29, 0.717) is 11.3 Å². The monoisotopic (exact) mass is 647 g/mol. The molecule has 0 saturated carbocycles. The molecule has 0 aliphatic heterocycles. The highest BCUT2D eigenvalue weighted by Crippen LogP contribution is 2.37. The first-order valence-corrected chi connectivity index (χ1v) is 16.4. The van der Waals surface area contributed by atoms with Gasteiger partial charge in [0.2, 0.25) is 5.91 Å². The van der Waals surface area contributed by atoms with Crippen LogP contribution >= 0.6 is 11.8 Å². The minimum absolute atomic E-state index is 0.111. The number of aryl methyl sites for hydroxylation is 1. The average molecular weight is 648 g/mol. The van der Waals surface area contributed by atoms with Crippen LogP contribution in [0.15, 0.2) is 162 Å². The maximum atomic E-state index is 13.8. The van der Waals surface area contributed by atoms with E-state index in [1.807, 2.05) is 122 Å². The van der Waals surface area contributed by atoms with Crippen molar-refractivity contribution in [2.45, 2.75) is 17.1 Å². The maximum Gasteiger partial charge on any atom is 0.272 e. The predicted octanol–water partition coefficient (Wildman–Crippen LogP) is 9.03. The number of amides is 3. The molecule has 6 aromatic rings. The summed E-state index contributed by atoms with van der Waals surface area (Å²) in [6, 6.07) is 47.2. The zero-order valence-electron chi connectivity index (χ0n) is 26.2. The second-order valence-electron chi connectivity index (χ2n) is 11.2. The third kappa shape index (κ3) is 8.07. The van der Waals surface area contributed by atoms with Crippen LogP contribution in [0.2, 0.25) is 0 Å². The van der Waals surface area contributed by atoms with E-state index >= 15 is 0 Å². The van der Waals surface area contributed by atoms with Crippen molar-refractivity contribution in [2.75, 3.05) is 10.6 Å². The summed E-state index contributed by atoms with van der Waals surface area (Å²) >= 11 is 1.42. The van der Waals surface area contributed by atoms with Gasteiger partial charge in [-0.15, -0.1) is 11.8 Å². The van der Waals surface area contributed by atoms with Gasteiger partial charge in [0.15, 0.2) is 0 Å². The largest absolute Gasteiger partial charge is 0.324 e. The van der Waals surface area contributed by atoms with Crippen LogP contribution in [0.5, 0.6) is 0 Å². The highest BCUT2D eigenvalue weighted by molar-refractivity contribution is 8.00. The molecule has 0 radical (unpaired) electrons. The molecule has 0 saturated heterocycles. The van der Waals surface area contributed by atoms with Crippen molar-refractivity contribution in [3.05, 3.63) is 180 Å². The van der Waals surface area contributed by atoms with E-state index in [1.54, 1.807) is 42.5 Å². The Labute approximate surface area is 283 Å². The van der Waals surface area contributed by atoms with Gasteiger partial charge in [-0.3, -0.25) is 14.4 Å². The SMILES string of the molecule is Cc1ccc(/C=C(\NC(=O)c2ccccc2)C(=O)Nc2ccc(SC(C(=O)Nc3cccc4ccccc34)c3ccccc3)cc2)cc1. The van der Waals surface area contributed by atoms with E-state index in [-0.39, 0.29) is 17.5 Å². The second kappa shape index (κ2) is 15.1. The average Bonchev–Trinajstić information content (AvgIpc) is 3.12. The summed E-state index contributed by atoms with van der Waals surface area (Å²) in [6.07, 6.45) is 1.65. The van der Waals surface area contributed by atoms with E-state index in [4.69, 9.17) is 0 Å². The van der Waals surface area contributed by atoms with Gasteiger partial charge in [0, 0.05) is 27.2 Å². The van der Waals surface area contributed by atoms with Crippen LogP contribution in [0.25, 0.3) is 16.8 Å². The Balaban J connectivity index is 1.19. The molecule has 7 heteroatoms. The topological polar surface area (TPSA) is 87.3 Å². The summed E-state index contributed by atoms with van der Waals surface area (Å²) in [5.41, 5.74) is 4.60. The molecule has 0 fully saturated rings. The Bertz CT molecular complexity index is 2070. The van der Waals surface area contributed by atoms with Gasteiger partial charge in [-0.1, -0.05) is 115 Å². The highest BCUT2D eigenvalue weighted by atomic mass is 32.2. The fourth-order valence-corrected chi connectivity index (χ4v) is 6.18. The number of carbonyl (C=O) groups excluding carboxylic acids is 3. The van der Waals surface area contributed by atoms with E-state index in [1.165, 1.54) is 11.8 Å². The minimum Gasteiger partial charge on any atom is -0.324 e. The summed E-state index contributed by atoms with van der Waals surface area (Å²) < 4.78 is 0. The van der Waals surface area contributed by atoms with Crippen molar-refractivity contribution in [1.29, 1.82) is 0 Å². The zero-order chi connectivity index (χ0) is 33.3. The van der Waals surface area contributed by atoms with Crippen LogP contribution in [-0.2, 0) is 9.59 Å². The standard InChI is InChI=1S/C41H33N3O3S/c1-28-19-21-29(22-20-28)27-37(44-39(45)32-14-6-3-7-15-32)40(46)42-33-23-25-34(26-24-33)48-38(31-12-4-2-5-13-31)41(47)43-36-18-10-16-30-11-8-9-17-35(30)36/h2-27,38H,1H3,(H,42,46)(H,43,47)(H,44,45)/b37-27-. The molecule has 48 heavy (non-hydrogen) atoms. The molecule has 0 aromatic heterocycles. The Hall–Kier alpha value is -5.92. The lowest BCUT2D eigenvalue weighted by Crippen LogP contribution is -2.30. The summed E-state index contributed by atoms with van der Waals surface area (Å²) in [5, 5.41) is 10.3. The van der Waals surface area contributed by atoms with Gasteiger partial charge in [-0.05, 0) is 72.0 Å². The highest BCUT2D eigenvalue weighted by Gasteiger charge is 2.23. The summed E-state index contributed by atoms with van der Waals surface area (Å²) in [5.74, 6) is -0.985. The number of carbonyl (C=O) groups is 3. The van der Waals surface area contributed by atoms with Gasteiger partial charge in [0.25, 0.3) is 11.8 Å². The number of nitrogens with one attached hydrogen (secondary N) is 3. The molecule has 1 unspecified atom stereocenters. The first-order valence-electron chi connectivity index (χ1n) is 15.5. The third-order valence-electron chi connectivity index (χ3n) is 7.67. The lowest BCUT2D eigenvalue weighted by molar-refractivity contribution is -0.116. The summed E-state index contributed by atoms with van der Waals surface area (Å²) in [7, 11) is 0.